The van der Waals surface area contributed by atoms with Crippen LogP contribution in [0.25, 0.3) is 0 Å². The van der Waals surface area contributed by atoms with Crippen LogP contribution in [0.4, 0.5) is 10.5 Å². The van der Waals surface area contributed by atoms with Gasteiger partial charge in [-0.1, -0.05) is 49.2 Å². The van der Waals surface area contributed by atoms with Gasteiger partial charge in [-0.05, 0) is 82.6 Å². The van der Waals surface area contributed by atoms with E-state index in [9.17, 15) is 59.7 Å². The number of rotatable bonds is 72. The predicted molar refractivity (Wildman–Crippen MR) is 553 cm³/mol. The topological polar surface area (TPSA) is 526 Å². The van der Waals surface area contributed by atoms with Crippen LogP contribution in [0.2, 0.25) is 5.02 Å². The van der Waals surface area contributed by atoms with E-state index in [-0.39, 0.29) is 65.6 Å². The molecule has 0 spiro atoms. The summed E-state index contributed by atoms with van der Waals surface area (Å²) in [6.07, 6.45) is 1.96. The second kappa shape index (κ2) is 91.1. The molecule has 6 bridgehead atoms. The molecule has 859 valence electrons. The average molecular weight is 2400 g/mol. The molecule has 0 saturated carbocycles. The third-order valence-electron chi connectivity index (χ3n) is 21.8. The van der Waals surface area contributed by atoms with E-state index in [1.54, 1.807) is 99.2 Å². The number of esters is 1. The number of aliphatic hydroxyl groups is 9. The van der Waals surface area contributed by atoms with Gasteiger partial charge in [0.1, 0.15) is 84.5 Å². The van der Waals surface area contributed by atoms with E-state index >= 15 is 0 Å². The first-order valence-corrected chi connectivity index (χ1v) is 55.8. The SMILES string of the molecule is C=C.CCCOCCOCCOCCOCCOCCOCCOCCOCCSC.COc1cc2cc(c1Cl)N(C)C(=O)C[C@]1(OC(=O)[C@@H](C)N(C)C(=O)CCSC)C[C@@](C)(O1)[C@H](C)[C@@H]1C[C@](O)(NC(=O)O1)[C@H](OC)/C=C/C=C(/C)C2.CSCCOC1OC(CO)C(O)C(O)C1O.CSCCOC1OC(CO)C(O)C(O)C1O.CSCCOCCOCCOCCOCCOCCOCCOCCOCCOC=O.[Au]. The summed E-state index contributed by atoms with van der Waals surface area (Å²) < 4.78 is 141. The van der Waals surface area contributed by atoms with E-state index in [1.165, 1.54) is 42.8 Å². The van der Waals surface area contributed by atoms with Crippen molar-refractivity contribution in [1.29, 1.82) is 0 Å². The van der Waals surface area contributed by atoms with Crippen molar-refractivity contribution in [3.63, 3.8) is 0 Å². The minimum absolute atomic E-state index is 0. The standard InChI is InChI=1S/C36H50ClN3O10S.C20H40O10S.C20H42O8S.2C9H18O6S.C2H4.Au/c1-21-11-10-12-28(47-8)36(45)18-27(48-33(44)38-36)22(2)34(4)20-35(50-34,49-32(43)23(3)39(5)29(41)13-14-51-9)19-30(42)40(6)25-16-24(15-21)17-26(46-7)31(25)37;1-31-19-18-29-15-14-27-11-10-25-7-6-23-3-2-22-4-5-24-8-9-26-12-13-28-16-17-30-20-21;1-3-4-21-5-6-22-7-8-23-9-10-24-11-12-25-13-14-26-15-16-27-17-18-28-19-20-29-2;2*1-16-3-2-14-9-8(13)7(12)6(11)5(4-10)15-9;1-2;/h10-12,16-17,22-23,27-28,45H,13-15,18-20H2,1-9H3,(H,38,44);20H,2-19H2,1H3;3-20H2,1-2H3;2*5-13H,2-4H2,1H3;1-2H2;/b12-10+,21-11-;;;;;;/t22-,23-,27+,28-,34-,35-,36-;;;;;;/m1....../s1. The van der Waals surface area contributed by atoms with Gasteiger partial charge < -0.3 is 179 Å². The number of likely N-dealkylation sites (N-methyl/N-ethyl adjacent to an activating group) is 1. The van der Waals surface area contributed by atoms with Crippen LogP contribution >= 0.6 is 70.4 Å². The minimum Gasteiger partial charge on any atom is -0.495 e. The summed E-state index contributed by atoms with van der Waals surface area (Å²) >= 11 is 15.0. The smallest absolute Gasteiger partial charge is 0.409 e. The number of carbonyl (C=O) groups is 5. The van der Waals surface area contributed by atoms with Gasteiger partial charge >= 0.3 is 12.1 Å². The Hall–Kier alpha value is -3.07. The first-order valence-electron chi connectivity index (χ1n) is 48.4. The van der Waals surface area contributed by atoms with Crippen LogP contribution in [-0.2, 0) is 166 Å². The quantitative estimate of drug-likeness (QED) is 0.0109. The zero-order valence-electron chi connectivity index (χ0n) is 87.7. The van der Waals surface area contributed by atoms with Crippen molar-refractivity contribution >= 4 is 106 Å². The van der Waals surface area contributed by atoms with E-state index in [4.69, 9.17) is 140 Å². The van der Waals surface area contributed by atoms with Crippen LogP contribution < -0.4 is 15.0 Å². The van der Waals surface area contributed by atoms with E-state index in [2.05, 4.69) is 42.6 Å². The molecule has 6 aliphatic heterocycles. The molecule has 1 aromatic carbocycles. The van der Waals surface area contributed by atoms with Crippen molar-refractivity contribution in [3.05, 3.63) is 59.7 Å². The van der Waals surface area contributed by atoms with Crippen LogP contribution in [0.3, 0.4) is 0 Å². The third-order valence-corrected chi connectivity index (χ3v) is 25.1. The number of benzene rings is 1. The fourth-order valence-corrected chi connectivity index (χ4v) is 15.3. The summed E-state index contributed by atoms with van der Waals surface area (Å²) in [5.41, 5.74) is -0.786. The fraction of sp³-hybridized carbons (Fsp3) is 0.823. The molecule has 4 saturated heterocycles. The number of fused-ring (bicyclic) bond motifs is 5. The fourth-order valence-electron chi connectivity index (χ4n) is 13.5. The second-order valence-electron chi connectivity index (χ2n) is 32.7. The van der Waals surface area contributed by atoms with Crippen molar-refractivity contribution in [2.24, 2.45) is 5.92 Å². The number of carbonyl (C=O) groups excluding carboxylic acids is 5. The Kier molecular flexibility index (Phi) is 89.2. The Morgan fingerprint density at radius 2 is 0.938 bits per heavy atom. The molecule has 7 rings (SSSR count). The average Bonchev–Trinajstić information content (AvgIpc) is 0.738. The van der Waals surface area contributed by atoms with Crippen LogP contribution in [0.5, 0.6) is 5.75 Å². The van der Waals surface area contributed by atoms with Crippen molar-refractivity contribution in [3.8, 4) is 5.75 Å². The van der Waals surface area contributed by atoms with E-state index < -0.39 is 134 Å². The molecule has 43 nitrogen and oxygen atoms in total. The van der Waals surface area contributed by atoms with Gasteiger partial charge in [0.25, 0.3) is 6.47 Å². The van der Waals surface area contributed by atoms with Gasteiger partial charge in [-0.25, -0.2) is 9.59 Å². The molecule has 17 atom stereocenters. The van der Waals surface area contributed by atoms with Gasteiger partial charge in [0.05, 0.1) is 256 Å². The molecular formula is C96H172AuClN3O40S5. The summed E-state index contributed by atoms with van der Waals surface area (Å²) in [6.45, 7) is 33.8. The summed E-state index contributed by atoms with van der Waals surface area (Å²) in [6, 6.07) is 2.60. The molecule has 146 heavy (non-hydrogen) atoms. The number of ether oxygens (including phenoxy) is 26. The maximum absolute atomic E-state index is 14.1. The summed E-state index contributed by atoms with van der Waals surface area (Å²) in [4.78, 5) is 65.9. The Labute approximate surface area is 905 Å². The number of thioether (sulfide) groups is 5. The number of amides is 3. The number of halogens is 1. The zero-order chi connectivity index (χ0) is 108. The number of hydrogen-bond donors (Lipinski definition) is 10. The second-order valence-corrected chi connectivity index (χ2v) is 38.0. The van der Waals surface area contributed by atoms with Crippen molar-refractivity contribution < 1.29 is 215 Å². The molecule has 0 aliphatic carbocycles. The number of nitrogens with zero attached hydrogens (tertiary/aromatic N) is 2. The van der Waals surface area contributed by atoms with Gasteiger partial charge in [-0.15, -0.1) is 13.2 Å². The van der Waals surface area contributed by atoms with Gasteiger partial charge in [-0.2, -0.15) is 58.8 Å². The third kappa shape index (κ3) is 62.0. The molecule has 1 radical (unpaired) electrons. The maximum Gasteiger partial charge on any atom is 0.409 e. The van der Waals surface area contributed by atoms with Crippen molar-refractivity contribution in [2.75, 3.05) is 338 Å². The summed E-state index contributed by atoms with van der Waals surface area (Å²) in [5, 5.41) is 89.3. The van der Waals surface area contributed by atoms with Crippen LogP contribution in [-0.4, -0.2) is 511 Å². The molecule has 6 aliphatic rings. The first kappa shape index (κ1) is 143. The number of aliphatic hydroxyl groups excluding tert-OH is 8. The number of hydrogen-bond acceptors (Lipinski definition) is 45. The maximum atomic E-state index is 14.1. The Balaban J connectivity index is 0.00000192. The molecule has 3 amide bonds. The number of nitrogens with one attached hydrogen (secondary N) is 1. The molecule has 6 heterocycles. The van der Waals surface area contributed by atoms with E-state index in [1.807, 2.05) is 31.8 Å². The van der Waals surface area contributed by atoms with Crippen LogP contribution in [0.15, 0.2) is 49.1 Å². The number of alkyl carbamates (subject to hydrolysis) is 1. The largest absolute Gasteiger partial charge is 0.495 e. The predicted octanol–water partition coefficient (Wildman–Crippen LogP) is 4.30. The van der Waals surface area contributed by atoms with E-state index in [0.717, 1.165) is 60.4 Å². The van der Waals surface area contributed by atoms with E-state index in [0.29, 0.717) is 235 Å². The zero-order valence-corrected chi connectivity index (χ0v) is 94.7. The molecule has 10 unspecified atom stereocenters. The number of methoxy groups -OCH3 is 2. The summed E-state index contributed by atoms with van der Waals surface area (Å²) in [7, 11) is 6.01. The normalized spacial score (nSPS) is 24.6. The Morgan fingerprint density at radius 3 is 1.29 bits per heavy atom. The molecule has 50 heteroatoms. The van der Waals surface area contributed by atoms with Crippen molar-refractivity contribution in [1.82, 2.24) is 10.2 Å². The molecular weight excluding hydrogens is 2230 g/mol. The molecule has 1 aromatic rings. The Bertz CT molecular complexity index is 3390. The monoisotopic (exact) mass is 2400 g/mol. The number of allylic oxidation sites excluding steroid dienone is 3. The first-order chi connectivity index (χ1) is 70.0. The van der Waals surface area contributed by atoms with Crippen LogP contribution in [0.1, 0.15) is 72.3 Å². The summed E-state index contributed by atoms with van der Waals surface area (Å²) in [5.74, 6) is 0.733. The molecule has 10 N–H and O–H groups in total. The van der Waals surface area contributed by atoms with Gasteiger partial charge in [0.2, 0.25) is 17.6 Å². The Morgan fingerprint density at radius 1 is 0.575 bits per heavy atom. The van der Waals surface area contributed by atoms with Crippen molar-refractivity contribution in [2.45, 2.75) is 170 Å². The van der Waals surface area contributed by atoms with Gasteiger partial charge in [0.15, 0.2) is 18.3 Å². The molecule has 0 aromatic heterocycles. The van der Waals surface area contributed by atoms with Gasteiger partial charge in [-0.3, -0.25) is 19.7 Å². The van der Waals surface area contributed by atoms with Gasteiger partial charge in [0, 0.05) is 104 Å². The minimum atomic E-state index is -1.83. The van der Waals surface area contributed by atoms with Crippen LogP contribution in [0, 0.1) is 5.92 Å². The molecule has 4 fully saturated rings. The number of anilines is 1.